The Hall–Kier alpha value is 0.0300. The number of fused-ring (bicyclic) bond motifs is 1. The number of amides is 1. The minimum Gasteiger partial charge on any atom is -0.460 e. The maximum atomic E-state index is 12.7. The average Bonchev–Trinajstić information content (AvgIpc) is 3.09. The smallest absolute Gasteiger partial charge is 0.330 e. The van der Waals surface area contributed by atoms with Gasteiger partial charge in [0, 0.05) is 5.75 Å². The third kappa shape index (κ3) is 4.06. The molecule has 1 amide bonds. The molecular formula is C13H15Cl3N4O3S3. The summed E-state index contributed by atoms with van der Waals surface area (Å²) in [7, 11) is 0. The van der Waals surface area contributed by atoms with Gasteiger partial charge in [0.1, 0.15) is 29.1 Å². The fourth-order valence-electron chi connectivity index (χ4n) is 2.80. The van der Waals surface area contributed by atoms with Gasteiger partial charge in [-0.2, -0.15) is 0 Å². The quantitative estimate of drug-likeness (QED) is 0.298. The van der Waals surface area contributed by atoms with Crippen LogP contribution in [0.25, 0.3) is 0 Å². The lowest BCUT2D eigenvalue weighted by Crippen LogP contribution is -2.69. The summed E-state index contributed by atoms with van der Waals surface area (Å²) in [6.07, 6.45) is 0. The van der Waals surface area contributed by atoms with Crippen LogP contribution >= 0.6 is 69.7 Å². The van der Waals surface area contributed by atoms with Crippen molar-refractivity contribution in [3.05, 3.63) is 5.01 Å². The highest BCUT2D eigenvalue weighted by Crippen LogP contribution is 2.52. The molecule has 0 radical (unpaired) electrons. The Balaban J connectivity index is 1.77. The number of rotatable bonds is 5. The number of nitrogens with zero attached hydrogens (tertiary/aromatic N) is 3. The molecule has 3 heterocycles. The van der Waals surface area contributed by atoms with Crippen LogP contribution in [0.1, 0.15) is 11.9 Å². The number of esters is 1. The zero-order valence-electron chi connectivity index (χ0n) is 13.6. The second-order valence-corrected chi connectivity index (χ2v) is 12.7. The highest BCUT2D eigenvalue weighted by Gasteiger charge is 2.64. The molecule has 144 valence electrons. The Morgan fingerprint density at radius 3 is 2.73 bits per heavy atom. The Morgan fingerprint density at radius 1 is 1.46 bits per heavy atom. The zero-order valence-corrected chi connectivity index (χ0v) is 18.4. The van der Waals surface area contributed by atoms with Crippen LogP contribution in [0.2, 0.25) is 0 Å². The van der Waals surface area contributed by atoms with Crippen molar-refractivity contribution in [2.45, 2.75) is 44.2 Å². The van der Waals surface area contributed by atoms with E-state index in [-0.39, 0.29) is 11.3 Å². The van der Waals surface area contributed by atoms with Crippen molar-refractivity contribution in [3.63, 3.8) is 0 Å². The topological polar surface area (TPSA) is 98.4 Å². The van der Waals surface area contributed by atoms with Gasteiger partial charge in [-0.1, -0.05) is 57.9 Å². The van der Waals surface area contributed by atoms with E-state index in [1.807, 2.05) is 13.8 Å². The third-order valence-electron chi connectivity index (χ3n) is 3.96. The first kappa shape index (κ1) is 20.8. The van der Waals surface area contributed by atoms with Gasteiger partial charge in [-0.25, -0.2) is 4.79 Å². The highest BCUT2D eigenvalue weighted by molar-refractivity contribution is 8.05. The normalized spacial score (nSPS) is 30.9. The predicted octanol–water partition coefficient (Wildman–Crippen LogP) is 2.22. The van der Waals surface area contributed by atoms with Gasteiger partial charge in [-0.3, -0.25) is 4.79 Å². The molecule has 2 N–H and O–H groups in total. The summed E-state index contributed by atoms with van der Waals surface area (Å²) in [6.45, 7) is 3.38. The van der Waals surface area contributed by atoms with E-state index in [1.165, 1.54) is 39.8 Å². The Labute approximate surface area is 177 Å². The first-order valence-corrected chi connectivity index (χ1v) is 11.3. The first-order valence-electron chi connectivity index (χ1n) is 7.44. The minimum absolute atomic E-state index is 0.269. The van der Waals surface area contributed by atoms with E-state index >= 15 is 0 Å². The number of aryl methyl sites for hydroxylation is 1. The van der Waals surface area contributed by atoms with Crippen molar-refractivity contribution in [2.75, 3.05) is 12.4 Å². The molecule has 26 heavy (non-hydrogen) atoms. The maximum absolute atomic E-state index is 12.7. The van der Waals surface area contributed by atoms with Gasteiger partial charge >= 0.3 is 5.97 Å². The number of hydrogen-bond donors (Lipinski definition) is 1. The molecule has 7 nitrogen and oxygen atoms in total. The molecule has 13 heteroatoms. The van der Waals surface area contributed by atoms with E-state index in [1.54, 1.807) is 0 Å². The van der Waals surface area contributed by atoms with Crippen LogP contribution in [0.4, 0.5) is 0 Å². The van der Waals surface area contributed by atoms with Gasteiger partial charge in [0.15, 0.2) is 4.34 Å². The minimum atomic E-state index is -1.72. The second kappa shape index (κ2) is 7.46. The van der Waals surface area contributed by atoms with E-state index in [0.717, 1.165) is 9.35 Å². The number of thioether (sulfide) groups is 2. The van der Waals surface area contributed by atoms with Crippen molar-refractivity contribution in [1.29, 1.82) is 0 Å². The number of aromatic nitrogens is 2. The molecule has 2 saturated heterocycles. The van der Waals surface area contributed by atoms with Crippen LogP contribution in [0.5, 0.6) is 0 Å². The Kier molecular flexibility index (Phi) is 5.95. The molecule has 0 spiro atoms. The number of hydrogen-bond acceptors (Lipinski definition) is 9. The molecule has 0 aliphatic carbocycles. The molecule has 0 bridgehead atoms. The lowest BCUT2D eigenvalue weighted by Gasteiger charge is -2.42. The van der Waals surface area contributed by atoms with Crippen LogP contribution in [0, 0.1) is 6.92 Å². The molecule has 2 aliphatic heterocycles. The second-order valence-electron chi connectivity index (χ2n) is 6.09. The molecule has 0 saturated carbocycles. The number of β-lactam (4-membered cyclic amide) rings is 1. The summed E-state index contributed by atoms with van der Waals surface area (Å²) in [5.41, 5.74) is 5.89. The SMILES string of the molecule is Cc1nnc(SCC2(C)S[C@H]3C(N)C(=O)N3C2C(=O)OCC(Cl)(Cl)Cl)s1. The van der Waals surface area contributed by atoms with Crippen LogP contribution in [0.3, 0.4) is 0 Å². The van der Waals surface area contributed by atoms with Gasteiger partial charge in [0.2, 0.25) is 9.70 Å². The van der Waals surface area contributed by atoms with Gasteiger partial charge in [0.25, 0.3) is 0 Å². The van der Waals surface area contributed by atoms with Gasteiger partial charge in [0.05, 0.1) is 4.75 Å². The number of alkyl halides is 3. The third-order valence-corrected chi connectivity index (χ3v) is 8.45. The van der Waals surface area contributed by atoms with Crippen LogP contribution in [0.15, 0.2) is 4.34 Å². The number of carbonyl (C=O) groups excluding carboxylic acids is 2. The summed E-state index contributed by atoms with van der Waals surface area (Å²) in [6, 6.07) is -1.43. The number of halogens is 3. The lowest BCUT2D eigenvalue weighted by atomic mass is 9.96. The summed E-state index contributed by atoms with van der Waals surface area (Å²) in [5.74, 6) is -0.366. The Morgan fingerprint density at radius 2 is 2.15 bits per heavy atom. The van der Waals surface area contributed by atoms with Crippen molar-refractivity contribution in [3.8, 4) is 0 Å². The predicted molar refractivity (Wildman–Crippen MR) is 105 cm³/mol. The number of carbonyl (C=O) groups is 2. The van der Waals surface area contributed by atoms with E-state index < -0.39 is 33.2 Å². The fraction of sp³-hybridized carbons (Fsp3) is 0.692. The fourth-order valence-corrected chi connectivity index (χ4v) is 6.76. The lowest BCUT2D eigenvalue weighted by molar-refractivity contribution is -0.162. The average molecular weight is 478 g/mol. The maximum Gasteiger partial charge on any atom is 0.330 e. The molecule has 3 rings (SSSR count). The molecule has 2 fully saturated rings. The molecule has 0 aromatic carbocycles. The molecule has 1 aromatic heterocycles. The molecule has 3 unspecified atom stereocenters. The van der Waals surface area contributed by atoms with E-state index in [0.29, 0.717) is 5.75 Å². The van der Waals surface area contributed by atoms with Crippen LogP contribution < -0.4 is 5.73 Å². The van der Waals surface area contributed by atoms with Gasteiger partial charge in [-0.15, -0.1) is 22.0 Å². The zero-order chi connectivity index (χ0) is 19.3. The standard InChI is InChI=1S/C13H15Cl3N4O3S3/c1-5-18-19-11(25-5)24-4-12(2)7(10(22)23-3-13(14,15)16)20-8(21)6(17)9(20)26-12/h6-7,9H,3-4,17H2,1-2H3/t6?,7?,9-,12?/m0/s1. The molecular weight excluding hydrogens is 463 g/mol. The Bertz CT molecular complexity index is 731. The molecule has 4 atom stereocenters. The van der Waals surface area contributed by atoms with Gasteiger partial charge < -0.3 is 15.4 Å². The van der Waals surface area contributed by atoms with E-state index in [9.17, 15) is 9.59 Å². The number of nitrogens with two attached hydrogens (primary N) is 1. The monoisotopic (exact) mass is 476 g/mol. The van der Waals surface area contributed by atoms with Crippen molar-refractivity contribution in [2.24, 2.45) is 5.73 Å². The van der Waals surface area contributed by atoms with Crippen LogP contribution in [-0.4, -0.2) is 65.3 Å². The number of ether oxygens (including phenoxy) is 1. The van der Waals surface area contributed by atoms with Crippen molar-refractivity contribution < 1.29 is 14.3 Å². The van der Waals surface area contributed by atoms with E-state index in [4.69, 9.17) is 45.3 Å². The molecule has 1 aromatic rings. The first-order chi connectivity index (χ1) is 12.0. The summed E-state index contributed by atoms with van der Waals surface area (Å²) >= 11 is 21.4. The summed E-state index contributed by atoms with van der Waals surface area (Å²) < 4.78 is 3.62. The van der Waals surface area contributed by atoms with Crippen molar-refractivity contribution >= 4 is 81.5 Å². The highest BCUT2D eigenvalue weighted by atomic mass is 35.6. The van der Waals surface area contributed by atoms with Crippen LogP contribution in [-0.2, 0) is 14.3 Å². The summed E-state index contributed by atoms with van der Waals surface area (Å²) in [5, 5.41) is 8.65. The van der Waals surface area contributed by atoms with E-state index in [2.05, 4.69) is 10.2 Å². The van der Waals surface area contributed by atoms with Crippen molar-refractivity contribution in [1.82, 2.24) is 15.1 Å². The largest absolute Gasteiger partial charge is 0.460 e. The van der Waals surface area contributed by atoms with Gasteiger partial charge in [-0.05, 0) is 13.8 Å². The summed E-state index contributed by atoms with van der Waals surface area (Å²) in [4.78, 5) is 26.4. The molecule has 2 aliphatic rings.